The minimum atomic E-state index is -4.02. The van der Waals surface area contributed by atoms with Crippen molar-refractivity contribution in [3.8, 4) is 0 Å². The number of hydrogen-bond donors (Lipinski definition) is 1. The van der Waals surface area contributed by atoms with Crippen LogP contribution >= 0.6 is 0 Å². The second-order valence-corrected chi connectivity index (χ2v) is 8.41. The summed E-state index contributed by atoms with van der Waals surface area (Å²) in [5.74, 6) is -0.450. The lowest BCUT2D eigenvalue weighted by atomic mass is 10.2. The molecule has 0 spiro atoms. The maximum absolute atomic E-state index is 14.2. The van der Waals surface area contributed by atoms with Crippen molar-refractivity contribution in [3.63, 3.8) is 0 Å². The number of aromatic nitrogens is 1. The Morgan fingerprint density at radius 1 is 1.22 bits per heavy atom. The number of halogens is 1. The van der Waals surface area contributed by atoms with E-state index in [4.69, 9.17) is 9.26 Å². The molecular weight excluding hydrogens is 377 g/mol. The predicted octanol–water partition coefficient (Wildman–Crippen LogP) is 1.96. The predicted molar refractivity (Wildman–Crippen MR) is 92.4 cm³/mol. The molecule has 1 aromatic carbocycles. The smallest absolute Gasteiger partial charge is 0.277 e. The van der Waals surface area contributed by atoms with Crippen molar-refractivity contribution in [2.24, 2.45) is 0 Å². The average Bonchev–Trinajstić information content (AvgIpc) is 3.40. The summed E-state index contributed by atoms with van der Waals surface area (Å²) in [6.07, 6.45) is 2.02. The summed E-state index contributed by atoms with van der Waals surface area (Å²) >= 11 is 0. The standard InChI is InChI=1S/C17H18FN3O5S/c18-13-4-3-12(9-16(13)27(23,24)21-5-7-25-8-6-21)19-17(22)14-10-15(26-20-14)11-1-2-11/h3-4,9-11H,1-2,5-8H2,(H,19,22). The highest BCUT2D eigenvalue weighted by Crippen LogP contribution is 2.40. The van der Waals surface area contributed by atoms with Gasteiger partial charge in [-0.2, -0.15) is 4.31 Å². The lowest BCUT2D eigenvalue weighted by Gasteiger charge is -2.26. The van der Waals surface area contributed by atoms with Gasteiger partial charge in [0.2, 0.25) is 10.0 Å². The summed E-state index contributed by atoms with van der Waals surface area (Å²) in [5, 5.41) is 6.27. The van der Waals surface area contributed by atoms with Crippen LogP contribution in [0.4, 0.5) is 10.1 Å². The van der Waals surface area contributed by atoms with Gasteiger partial charge in [0.05, 0.1) is 13.2 Å². The molecule has 8 nitrogen and oxygen atoms in total. The molecule has 2 aromatic rings. The highest BCUT2D eigenvalue weighted by Gasteiger charge is 2.30. The van der Waals surface area contributed by atoms with Crippen molar-refractivity contribution in [2.75, 3.05) is 31.6 Å². The van der Waals surface area contributed by atoms with Gasteiger partial charge in [-0.1, -0.05) is 5.16 Å². The second kappa shape index (κ2) is 7.02. The van der Waals surface area contributed by atoms with Crippen LogP contribution in [0.1, 0.15) is 35.0 Å². The Morgan fingerprint density at radius 3 is 2.67 bits per heavy atom. The third-order valence-electron chi connectivity index (χ3n) is 4.52. The highest BCUT2D eigenvalue weighted by molar-refractivity contribution is 7.89. The fourth-order valence-corrected chi connectivity index (χ4v) is 4.35. The van der Waals surface area contributed by atoms with Crippen LogP contribution in [0.2, 0.25) is 0 Å². The Labute approximate surface area is 155 Å². The Kier molecular flexibility index (Phi) is 4.70. The molecule has 0 bridgehead atoms. The van der Waals surface area contributed by atoms with E-state index in [0.29, 0.717) is 11.7 Å². The Bertz CT molecular complexity index is 965. The lowest BCUT2D eigenvalue weighted by Crippen LogP contribution is -2.40. The van der Waals surface area contributed by atoms with Crippen molar-refractivity contribution < 1.29 is 26.9 Å². The average molecular weight is 395 g/mol. The van der Waals surface area contributed by atoms with Crippen LogP contribution in [0.15, 0.2) is 33.7 Å². The monoisotopic (exact) mass is 395 g/mol. The number of nitrogens with one attached hydrogen (secondary N) is 1. The van der Waals surface area contributed by atoms with Gasteiger partial charge in [-0.15, -0.1) is 0 Å². The van der Waals surface area contributed by atoms with Gasteiger partial charge in [-0.3, -0.25) is 4.79 Å². The van der Waals surface area contributed by atoms with Gasteiger partial charge in [0.15, 0.2) is 5.69 Å². The van der Waals surface area contributed by atoms with E-state index in [1.54, 1.807) is 6.07 Å². The Balaban J connectivity index is 1.55. The van der Waals surface area contributed by atoms with Crippen molar-refractivity contribution >= 4 is 21.6 Å². The number of anilines is 1. The fraction of sp³-hybridized carbons (Fsp3) is 0.412. The van der Waals surface area contributed by atoms with Crippen LogP contribution in [-0.4, -0.2) is 50.1 Å². The maximum Gasteiger partial charge on any atom is 0.277 e. The summed E-state index contributed by atoms with van der Waals surface area (Å²) in [5.41, 5.74) is 0.253. The summed E-state index contributed by atoms with van der Waals surface area (Å²) in [4.78, 5) is 11.8. The van der Waals surface area contributed by atoms with E-state index < -0.39 is 26.6 Å². The molecule has 144 valence electrons. The summed E-state index contributed by atoms with van der Waals surface area (Å²) in [7, 11) is -4.02. The number of amides is 1. The van der Waals surface area contributed by atoms with E-state index in [1.807, 2.05) is 0 Å². The van der Waals surface area contributed by atoms with E-state index in [0.717, 1.165) is 25.0 Å². The number of benzene rings is 1. The zero-order valence-electron chi connectivity index (χ0n) is 14.4. The molecule has 27 heavy (non-hydrogen) atoms. The lowest BCUT2D eigenvalue weighted by molar-refractivity contribution is 0.0729. The van der Waals surface area contributed by atoms with E-state index in [1.165, 1.54) is 10.4 Å². The molecule has 10 heteroatoms. The molecule has 1 saturated heterocycles. The Hall–Kier alpha value is -2.30. The number of rotatable bonds is 5. The Morgan fingerprint density at radius 2 is 1.96 bits per heavy atom. The van der Waals surface area contributed by atoms with Gasteiger partial charge in [0.1, 0.15) is 16.5 Å². The first kappa shape index (κ1) is 18.1. The SMILES string of the molecule is O=C(Nc1ccc(F)c(S(=O)(=O)N2CCOCC2)c1)c1cc(C2CC2)on1. The number of sulfonamides is 1. The third-order valence-corrected chi connectivity index (χ3v) is 6.43. The highest BCUT2D eigenvalue weighted by atomic mass is 32.2. The van der Waals surface area contributed by atoms with Crippen LogP contribution in [0.3, 0.4) is 0 Å². The van der Waals surface area contributed by atoms with E-state index in [-0.39, 0.29) is 37.7 Å². The maximum atomic E-state index is 14.2. The van der Waals surface area contributed by atoms with Gasteiger partial charge in [-0.05, 0) is 31.0 Å². The molecule has 0 radical (unpaired) electrons. The van der Waals surface area contributed by atoms with Crippen LogP contribution in [-0.2, 0) is 14.8 Å². The number of hydrogen-bond acceptors (Lipinski definition) is 6. The normalized spacial score (nSPS) is 18.4. The first-order chi connectivity index (χ1) is 12.9. The van der Waals surface area contributed by atoms with Gasteiger partial charge in [0.25, 0.3) is 5.91 Å². The molecule has 2 fully saturated rings. The third kappa shape index (κ3) is 3.73. The topological polar surface area (TPSA) is 102 Å². The molecule has 4 rings (SSSR count). The number of carbonyl (C=O) groups is 1. The van der Waals surface area contributed by atoms with Crippen molar-refractivity contribution in [1.82, 2.24) is 9.46 Å². The van der Waals surface area contributed by atoms with Crippen molar-refractivity contribution in [3.05, 3.63) is 41.5 Å². The molecule has 1 aliphatic carbocycles. The van der Waals surface area contributed by atoms with Crippen LogP contribution in [0.25, 0.3) is 0 Å². The van der Waals surface area contributed by atoms with E-state index in [9.17, 15) is 17.6 Å². The van der Waals surface area contributed by atoms with Crippen LogP contribution in [0, 0.1) is 5.82 Å². The molecule has 2 heterocycles. The summed E-state index contributed by atoms with van der Waals surface area (Å²) in [6.45, 7) is 0.821. The number of nitrogens with zero attached hydrogens (tertiary/aromatic N) is 2. The largest absolute Gasteiger partial charge is 0.379 e. The van der Waals surface area contributed by atoms with Gasteiger partial charge >= 0.3 is 0 Å². The van der Waals surface area contributed by atoms with Gasteiger partial charge < -0.3 is 14.6 Å². The number of ether oxygens (including phenoxy) is 1. The molecule has 1 N–H and O–H groups in total. The molecule has 1 saturated carbocycles. The first-order valence-corrected chi connectivity index (χ1v) is 10.0. The summed E-state index contributed by atoms with van der Waals surface area (Å²) in [6, 6.07) is 5.00. The molecular formula is C17H18FN3O5S. The summed E-state index contributed by atoms with van der Waals surface area (Å²) < 4.78 is 51.0. The minimum absolute atomic E-state index is 0.0961. The van der Waals surface area contributed by atoms with E-state index in [2.05, 4.69) is 10.5 Å². The molecule has 1 aromatic heterocycles. The number of carbonyl (C=O) groups excluding carboxylic acids is 1. The van der Waals surface area contributed by atoms with Crippen molar-refractivity contribution in [1.29, 1.82) is 0 Å². The van der Waals surface area contributed by atoms with Gasteiger partial charge in [-0.25, -0.2) is 12.8 Å². The van der Waals surface area contributed by atoms with E-state index >= 15 is 0 Å². The molecule has 0 atom stereocenters. The number of morpholine rings is 1. The minimum Gasteiger partial charge on any atom is -0.379 e. The molecule has 1 amide bonds. The van der Waals surface area contributed by atoms with Gasteiger partial charge in [0, 0.05) is 30.8 Å². The quantitative estimate of drug-likeness (QED) is 0.831. The van der Waals surface area contributed by atoms with Crippen LogP contribution in [0.5, 0.6) is 0 Å². The zero-order chi connectivity index (χ0) is 19.0. The molecule has 1 aliphatic heterocycles. The zero-order valence-corrected chi connectivity index (χ0v) is 15.2. The molecule has 0 unspecified atom stereocenters. The second-order valence-electron chi connectivity index (χ2n) is 6.50. The molecule has 2 aliphatic rings. The van der Waals surface area contributed by atoms with Crippen molar-refractivity contribution in [2.45, 2.75) is 23.7 Å². The fourth-order valence-electron chi connectivity index (χ4n) is 2.86. The van der Waals surface area contributed by atoms with Crippen LogP contribution < -0.4 is 5.32 Å². The first-order valence-electron chi connectivity index (χ1n) is 8.60.